The number of nitrogens with one attached hydrogen (secondary N) is 1. The molecule has 0 atom stereocenters. The van der Waals surface area contributed by atoms with Gasteiger partial charge in [-0.3, -0.25) is 4.79 Å². The normalized spacial score (nSPS) is 17.6. The highest BCUT2D eigenvalue weighted by Crippen LogP contribution is 2.35. The minimum absolute atomic E-state index is 0. The van der Waals surface area contributed by atoms with Crippen LogP contribution in [0.2, 0.25) is 0 Å². The van der Waals surface area contributed by atoms with Gasteiger partial charge < -0.3 is 15.2 Å². The average Bonchev–Trinajstić information content (AvgIpc) is 2.39. The van der Waals surface area contributed by atoms with E-state index in [9.17, 15) is 9.90 Å². The second kappa shape index (κ2) is 6.07. The Morgan fingerprint density at radius 2 is 1.83 bits per heavy atom. The fourth-order valence-electron chi connectivity index (χ4n) is 2.44. The van der Waals surface area contributed by atoms with Crippen LogP contribution in [0.3, 0.4) is 0 Å². The molecule has 0 aromatic heterocycles. The van der Waals surface area contributed by atoms with Gasteiger partial charge in [-0.2, -0.15) is 0 Å². The van der Waals surface area contributed by atoms with Gasteiger partial charge in [-0.1, -0.05) is 12.1 Å². The number of methoxy groups -OCH3 is 1. The van der Waals surface area contributed by atoms with E-state index in [1.54, 1.807) is 24.3 Å². The van der Waals surface area contributed by atoms with E-state index in [2.05, 4.69) is 5.32 Å². The summed E-state index contributed by atoms with van der Waals surface area (Å²) in [6, 6.07) is 6.83. The van der Waals surface area contributed by atoms with Gasteiger partial charge >= 0.3 is 5.97 Å². The number of carbonyl (C=O) groups is 1. The lowest BCUT2D eigenvalue weighted by Gasteiger charge is -2.35. The molecule has 1 aromatic carbocycles. The van der Waals surface area contributed by atoms with Crippen molar-refractivity contribution in [2.45, 2.75) is 18.3 Å². The highest BCUT2D eigenvalue weighted by molar-refractivity contribution is 5.85. The largest absolute Gasteiger partial charge is 0.508 e. The first-order valence-electron chi connectivity index (χ1n) is 5.78. The SMILES string of the molecule is COC(=O)C1(c2ccc(O)cc2)CCNCC1.Cl. The number of rotatable bonds is 2. The van der Waals surface area contributed by atoms with E-state index in [-0.39, 0.29) is 24.1 Å². The van der Waals surface area contributed by atoms with Crippen LogP contribution < -0.4 is 5.32 Å². The maximum Gasteiger partial charge on any atom is 0.316 e. The zero-order valence-corrected chi connectivity index (χ0v) is 11.1. The van der Waals surface area contributed by atoms with Gasteiger partial charge in [0.15, 0.2) is 0 Å². The van der Waals surface area contributed by atoms with E-state index in [1.807, 2.05) is 0 Å². The number of benzene rings is 1. The van der Waals surface area contributed by atoms with E-state index in [4.69, 9.17) is 4.74 Å². The summed E-state index contributed by atoms with van der Waals surface area (Å²) in [7, 11) is 1.42. The van der Waals surface area contributed by atoms with Crippen LogP contribution in [0.5, 0.6) is 5.75 Å². The Balaban J connectivity index is 0.00000162. The molecule has 0 radical (unpaired) electrons. The van der Waals surface area contributed by atoms with Crippen molar-refractivity contribution in [3.05, 3.63) is 29.8 Å². The van der Waals surface area contributed by atoms with Gasteiger partial charge in [0.2, 0.25) is 0 Å². The molecule has 1 aliphatic heterocycles. The quantitative estimate of drug-likeness (QED) is 0.803. The smallest absolute Gasteiger partial charge is 0.316 e. The Kier molecular flexibility index (Phi) is 4.99. The van der Waals surface area contributed by atoms with Crippen molar-refractivity contribution in [3.63, 3.8) is 0 Å². The molecule has 1 aromatic rings. The summed E-state index contributed by atoms with van der Waals surface area (Å²) in [5.74, 6) is 0.0207. The van der Waals surface area contributed by atoms with Crippen molar-refractivity contribution in [3.8, 4) is 5.75 Å². The van der Waals surface area contributed by atoms with Crippen molar-refractivity contribution in [2.75, 3.05) is 20.2 Å². The summed E-state index contributed by atoms with van der Waals surface area (Å²) >= 11 is 0. The Morgan fingerprint density at radius 3 is 2.33 bits per heavy atom. The zero-order chi connectivity index (χ0) is 12.3. The van der Waals surface area contributed by atoms with Crippen LogP contribution in [0, 0.1) is 0 Å². The van der Waals surface area contributed by atoms with Gasteiger partial charge in [-0.15, -0.1) is 12.4 Å². The Hall–Kier alpha value is -1.26. The van der Waals surface area contributed by atoms with Gasteiger partial charge in [-0.05, 0) is 43.6 Å². The minimum atomic E-state index is -0.562. The molecule has 2 rings (SSSR count). The maximum absolute atomic E-state index is 12.1. The number of hydrogen-bond donors (Lipinski definition) is 2. The molecular weight excluding hydrogens is 254 g/mol. The Bertz CT molecular complexity index is 399. The number of hydrogen-bond acceptors (Lipinski definition) is 4. The van der Waals surface area contributed by atoms with Crippen LogP contribution in [-0.4, -0.2) is 31.3 Å². The Morgan fingerprint density at radius 1 is 1.28 bits per heavy atom. The number of piperidine rings is 1. The van der Waals surface area contributed by atoms with Gasteiger partial charge in [0, 0.05) is 0 Å². The molecule has 0 amide bonds. The van der Waals surface area contributed by atoms with E-state index >= 15 is 0 Å². The summed E-state index contributed by atoms with van der Waals surface area (Å²) in [5.41, 5.74) is 0.358. The van der Waals surface area contributed by atoms with Gasteiger partial charge in [0.1, 0.15) is 5.75 Å². The van der Waals surface area contributed by atoms with Crippen molar-refractivity contribution < 1.29 is 14.6 Å². The molecule has 100 valence electrons. The average molecular weight is 272 g/mol. The molecule has 0 saturated carbocycles. The predicted octanol–water partition coefficient (Wildman–Crippen LogP) is 1.61. The van der Waals surface area contributed by atoms with Crippen LogP contribution in [-0.2, 0) is 14.9 Å². The monoisotopic (exact) mass is 271 g/mol. The van der Waals surface area contributed by atoms with E-state index in [0.29, 0.717) is 0 Å². The molecule has 18 heavy (non-hydrogen) atoms. The van der Waals surface area contributed by atoms with E-state index < -0.39 is 5.41 Å². The number of esters is 1. The molecule has 0 unspecified atom stereocenters. The molecule has 1 aliphatic rings. The maximum atomic E-state index is 12.1. The van der Waals surface area contributed by atoms with Gasteiger partial charge in [-0.25, -0.2) is 0 Å². The van der Waals surface area contributed by atoms with E-state index in [0.717, 1.165) is 31.5 Å². The van der Waals surface area contributed by atoms with Crippen LogP contribution in [0.15, 0.2) is 24.3 Å². The fraction of sp³-hybridized carbons (Fsp3) is 0.462. The second-order valence-electron chi connectivity index (χ2n) is 4.37. The number of halogens is 1. The number of ether oxygens (including phenoxy) is 1. The molecule has 1 heterocycles. The van der Waals surface area contributed by atoms with Crippen LogP contribution in [0.4, 0.5) is 0 Å². The van der Waals surface area contributed by atoms with Crippen molar-refractivity contribution in [1.29, 1.82) is 0 Å². The number of phenols is 1. The van der Waals surface area contributed by atoms with Crippen molar-refractivity contribution in [2.24, 2.45) is 0 Å². The minimum Gasteiger partial charge on any atom is -0.508 e. The standard InChI is InChI=1S/C13H17NO3.ClH/c1-17-12(16)13(6-8-14-9-7-13)10-2-4-11(15)5-3-10;/h2-5,14-15H,6-9H2,1H3;1H. The molecule has 4 nitrogen and oxygen atoms in total. The first-order chi connectivity index (χ1) is 8.19. The highest BCUT2D eigenvalue weighted by Gasteiger charge is 2.42. The summed E-state index contributed by atoms with van der Waals surface area (Å²) < 4.78 is 4.95. The number of aromatic hydroxyl groups is 1. The summed E-state index contributed by atoms with van der Waals surface area (Å²) in [5, 5.41) is 12.5. The highest BCUT2D eigenvalue weighted by atomic mass is 35.5. The van der Waals surface area contributed by atoms with Crippen LogP contribution in [0.25, 0.3) is 0 Å². The lowest BCUT2D eigenvalue weighted by Crippen LogP contribution is -2.46. The van der Waals surface area contributed by atoms with E-state index in [1.165, 1.54) is 7.11 Å². The molecule has 1 fully saturated rings. The van der Waals surface area contributed by atoms with Crippen molar-refractivity contribution in [1.82, 2.24) is 5.32 Å². The third kappa shape index (κ3) is 2.60. The molecular formula is C13H18ClNO3. The fourth-order valence-corrected chi connectivity index (χ4v) is 2.44. The lowest BCUT2D eigenvalue weighted by molar-refractivity contribution is -0.148. The number of carbonyl (C=O) groups excluding carboxylic acids is 1. The van der Waals surface area contributed by atoms with Gasteiger partial charge in [0.05, 0.1) is 12.5 Å². The summed E-state index contributed by atoms with van der Waals surface area (Å²) in [4.78, 5) is 12.1. The van der Waals surface area contributed by atoms with Crippen LogP contribution >= 0.6 is 12.4 Å². The molecule has 0 aliphatic carbocycles. The first-order valence-corrected chi connectivity index (χ1v) is 5.78. The first kappa shape index (κ1) is 14.8. The molecule has 1 saturated heterocycles. The number of phenolic OH excluding ortho intramolecular Hbond substituents is 1. The summed E-state index contributed by atoms with van der Waals surface area (Å²) in [6.07, 6.45) is 1.45. The second-order valence-corrected chi connectivity index (χ2v) is 4.37. The zero-order valence-electron chi connectivity index (χ0n) is 10.3. The summed E-state index contributed by atoms with van der Waals surface area (Å²) in [6.45, 7) is 1.60. The topological polar surface area (TPSA) is 58.6 Å². The van der Waals surface area contributed by atoms with Crippen molar-refractivity contribution >= 4 is 18.4 Å². The Labute approximate surface area is 113 Å². The molecule has 2 N–H and O–H groups in total. The molecule has 5 heteroatoms. The molecule has 0 spiro atoms. The third-order valence-electron chi connectivity index (χ3n) is 3.45. The molecule has 0 bridgehead atoms. The van der Waals surface area contributed by atoms with Gasteiger partial charge in [0.25, 0.3) is 0 Å². The third-order valence-corrected chi connectivity index (χ3v) is 3.45. The lowest BCUT2D eigenvalue weighted by atomic mass is 9.73. The predicted molar refractivity (Wildman–Crippen MR) is 71.2 cm³/mol. The van der Waals surface area contributed by atoms with Crippen LogP contribution in [0.1, 0.15) is 18.4 Å².